The topological polar surface area (TPSA) is 38.9 Å². The van der Waals surface area contributed by atoms with Gasteiger partial charge in [0, 0.05) is 21.6 Å². The Balaban J connectivity index is 2.36. The minimum absolute atomic E-state index is 0.106. The third kappa shape index (κ3) is 1.46. The van der Waals surface area contributed by atoms with Gasteiger partial charge >= 0.3 is 0 Å². The summed E-state index contributed by atoms with van der Waals surface area (Å²) in [5, 5.41) is 1.18. The van der Waals surface area contributed by atoms with E-state index in [1.165, 1.54) is 10.9 Å². The van der Waals surface area contributed by atoms with Crippen molar-refractivity contribution in [2.75, 3.05) is 0 Å². The lowest BCUT2D eigenvalue weighted by Crippen LogP contribution is -2.19. The molecule has 15 heavy (non-hydrogen) atoms. The van der Waals surface area contributed by atoms with Gasteiger partial charge in [0.25, 0.3) is 0 Å². The van der Waals surface area contributed by atoms with Crippen LogP contribution in [0.5, 0.6) is 0 Å². The van der Waals surface area contributed by atoms with E-state index in [1.54, 1.807) is 0 Å². The number of hydrogen-bond acceptors (Lipinski definition) is 2. The van der Waals surface area contributed by atoms with Crippen LogP contribution in [0.15, 0.2) is 34.9 Å². The summed E-state index contributed by atoms with van der Waals surface area (Å²) < 4.78 is 1.06. The minimum atomic E-state index is -0.106. The first-order chi connectivity index (χ1) is 7.19. The Morgan fingerprint density at radius 1 is 1.33 bits per heavy atom. The molecule has 0 atom stereocenters. The second kappa shape index (κ2) is 3.03. The number of rotatable bonds is 1. The highest BCUT2D eigenvalue weighted by Gasteiger charge is 2.41. The highest BCUT2D eigenvalue weighted by molar-refractivity contribution is 9.10. The molecule has 1 aliphatic carbocycles. The van der Waals surface area contributed by atoms with Crippen LogP contribution in [-0.2, 0) is 5.54 Å². The van der Waals surface area contributed by atoms with Crippen molar-refractivity contribution in [3.05, 3.63) is 40.5 Å². The first-order valence-electron chi connectivity index (χ1n) is 5.03. The molecule has 0 bridgehead atoms. The molecule has 1 aromatic carbocycles. The van der Waals surface area contributed by atoms with Gasteiger partial charge in [-0.05, 0) is 36.6 Å². The van der Waals surface area contributed by atoms with Crippen LogP contribution in [0.25, 0.3) is 10.9 Å². The monoisotopic (exact) mass is 262 g/mol. The lowest BCUT2D eigenvalue weighted by Gasteiger charge is -2.12. The number of benzene rings is 1. The fourth-order valence-electron chi connectivity index (χ4n) is 1.96. The largest absolute Gasteiger partial charge is 0.321 e. The van der Waals surface area contributed by atoms with Crippen LogP contribution in [0.4, 0.5) is 0 Å². The molecule has 3 rings (SSSR count). The first kappa shape index (κ1) is 9.31. The first-order valence-corrected chi connectivity index (χ1v) is 5.82. The molecule has 2 nitrogen and oxygen atoms in total. The zero-order valence-corrected chi connectivity index (χ0v) is 9.79. The van der Waals surface area contributed by atoms with Crippen molar-refractivity contribution in [3.8, 4) is 0 Å². The summed E-state index contributed by atoms with van der Waals surface area (Å²) in [4.78, 5) is 4.36. The van der Waals surface area contributed by atoms with Gasteiger partial charge in [-0.25, -0.2) is 0 Å². The molecule has 2 aromatic rings. The summed E-state index contributed by atoms with van der Waals surface area (Å²) in [6.45, 7) is 0. The standard InChI is InChI=1S/C12H11BrN2/c13-8-6-10(12(14)3-4-12)9-2-1-5-15-11(9)7-8/h1-2,5-7H,3-4,14H2. The summed E-state index contributed by atoms with van der Waals surface area (Å²) in [6.07, 6.45) is 3.97. The average molecular weight is 263 g/mol. The fraction of sp³-hybridized carbons (Fsp3) is 0.250. The zero-order chi connectivity index (χ0) is 10.5. The van der Waals surface area contributed by atoms with Gasteiger partial charge in [-0.15, -0.1) is 0 Å². The molecule has 0 saturated heterocycles. The van der Waals surface area contributed by atoms with Crippen molar-refractivity contribution in [2.24, 2.45) is 5.73 Å². The minimum Gasteiger partial charge on any atom is -0.321 e. The summed E-state index contributed by atoms with van der Waals surface area (Å²) in [5.74, 6) is 0. The molecule has 2 N–H and O–H groups in total. The van der Waals surface area contributed by atoms with Crippen molar-refractivity contribution in [1.82, 2.24) is 4.98 Å². The number of halogens is 1. The van der Waals surface area contributed by atoms with E-state index in [9.17, 15) is 0 Å². The fourth-order valence-corrected chi connectivity index (χ4v) is 2.41. The molecule has 1 aromatic heterocycles. The van der Waals surface area contributed by atoms with Crippen molar-refractivity contribution >= 4 is 26.8 Å². The van der Waals surface area contributed by atoms with Crippen molar-refractivity contribution < 1.29 is 0 Å². The Labute approximate surface area is 96.6 Å². The van der Waals surface area contributed by atoms with E-state index in [2.05, 4.69) is 33.0 Å². The van der Waals surface area contributed by atoms with E-state index in [1.807, 2.05) is 18.3 Å². The predicted octanol–water partition coefficient (Wildman–Crippen LogP) is 2.95. The van der Waals surface area contributed by atoms with Crippen molar-refractivity contribution in [2.45, 2.75) is 18.4 Å². The quantitative estimate of drug-likeness (QED) is 0.859. The molecule has 1 aliphatic rings. The van der Waals surface area contributed by atoms with E-state index in [-0.39, 0.29) is 5.54 Å². The normalized spacial score (nSPS) is 18.0. The van der Waals surface area contributed by atoms with Crippen molar-refractivity contribution in [1.29, 1.82) is 0 Å². The van der Waals surface area contributed by atoms with Gasteiger partial charge in [0.15, 0.2) is 0 Å². The van der Waals surface area contributed by atoms with Crippen LogP contribution in [0, 0.1) is 0 Å². The smallest absolute Gasteiger partial charge is 0.0716 e. The molecule has 0 spiro atoms. The molecular formula is C12H11BrN2. The Hall–Kier alpha value is -0.930. The third-order valence-electron chi connectivity index (χ3n) is 3.01. The second-order valence-corrected chi connectivity index (χ2v) is 5.10. The van der Waals surface area contributed by atoms with E-state index in [4.69, 9.17) is 5.73 Å². The predicted molar refractivity (Wildman–Crippen MR) is 64.5 cm³/mol. The van der Waals surface area contributed by atoms with Crippen LogP contribution in [0.3, 0.4) is 0 Å². The lowest BCUT2D eigenvalue weighted by atomic mass is 10.0. The second-order valence-electron chi connectivity index (χ2n) is 4.18. The van der Waals surface area contributed by atoms with E-state index >= 15 is 0 Å². The summed E-state index contributed by atoms with van der Waals surface area (Å²) in [7, 11) is 0. The Morgan fingerprint density at radius 2 is 2.13 bits per heavy atom. The van der Waals surface area contributed by atoms with Crippen LogP contribution < -0.4 is 5.73 Å². The van der Waals surface area contributed by atoms with Gasteiger partial charge in [-0.2, -0.15) is 0 Å². The Kier molecular flexibility index (Phi) is 1.88. The molecule has 0 unspecified atom stereocenters. The SMILES string of the molecule is NC1(c2cc(Br)cc3ncccc23)CC1. The van der Waals surface area contributed by atoms with E-state index in [0.717, 1.165) is 22.8 Å². The number of nitrogens with zero attached hydrogens (tertiary/aromatic N) is 1. The summed E-state index contributed by atoms with van der Waals surface area (Å²) >= 11 is 3.51. The summed E-state index contributed by atoms with van der Waals surface area (Å²) in [5.41, 5.74) is 8.38. The van der Waals surface area contributed by atoms with Gasteiger partial charge in [-0.1, -0.05) is 22.0 Å². The third-order valence-corrected chi connectivity index (χ3v) is 3.47. The Bertz CT molecular complexity index is 532. The molecular weight excluding hydrogens is 252 g/mol. The molecule has 0 radical (unpaired) electrons. The van der Waals surface area contributed by atoms with Crippen LogP contribution in [-0.4, -0.2) is 4.98 Å². The Morgan fingerprint density at radius 3 is 2.87 bits per heavy atom. The van der Waals surface area contributed by atoms with Crippen LogP contribution >= 0.6 is 15.9 Å². The number of aromatic nitrogens is 1. The van der Waals surface area contributed by atoms with E-state index < -0.39 is 0 Å². The number of pyridine rings is 1. The average Bonchev–Trinajstić information content (AvgIpc) is 2.96. The van der Waals surface area contributed by atoms with Crippen LogP contribution in [0.1, 0.15) is 18.4 Å². The van der Waals surface area contributed by atoms with Gasteiger partial charge in [0.1, 0.15) is 0 Å². The molecule has 3 heteroatoms. The molecule has 0 amide bonds. The summed E-state index contributed by atoms with van der Waals surface area (Å²) in [6, 6.07) is 8.21. The number of nitrogens with two attached hydrogens (primary N) is 1. The lowest BCUT2D eigenvalue weighted by molar-refractivity contribution is 0.747. The maximum Gasteiger partial charge on any atom is 0.0716 e. The van der Waals surface area contributed by atoms with Gasteiger partial charge < -0.3 is 5.73 Å². The number of hydrogen-bond donors (Lipinski definition) is 1. The maximum atomic E-state index is 6.25. The highest BCUT2D eigenvalue weighted by Crippen LogP contribution is 2.45. The molecule has 1 saturated carbocycles. The van der Waals surface area contributed by atoms with Crippen LogP contribution in [0.2, 0.25) is 0 Å². The van der Waals surface area contributed by atoms with Gasteiger partial charge in [0.05, 0.1) is 5.52 Å². The number of fused-ring (bicyclic) bond motifs is 1. The molecule has 0 aliphatic heterocycles. The van der Waals surface area contributed by atoms with Gasteiger partial charge in [0.2, 0.25) is 0 Å². The maximum absolute atomic E-state index is 6.25. The van der Waals surface area contributed by atoms with Gasteiger partial charge in [-0.3, -0.25) is 4.98 Å². The molecule has 1 fully saturated rings. The zero-order valence-electron chi connectivity index (χ0n) is 8.20. The molecule has 1 heterocycles. The highest BCUT2D eigenvalue weighted by atomic mass is 79.9. The van der Waals surface area contributed by atoms with E-state index in [0.29, 0.717) is 0 Å². The molecule has 76 valence electrons. The van der Waals surface area contributed by atoms with Crippen molar-refractivity contribution in [3.63, 3.8) is 0 Å².